The summed E-state index contributed by atoms with van der Waals surface area (Å²) >= 11 is 7.20. The number of carbonyl (C=O) groups excluding carboxylic acids is 1. The van der Waals surface area contributed by atoms with Crippen molar-refractivity contribution in [2.24, 2.45) is 5.10 Å². The molecule has 0 aliphatic carbocycles. The van der Waals surface area contributed by atoms with Crippen molar-refractivity contribution >= 4 is 35.1 Å². The second-order valence-corrected chi connectivity index (χ2v) is 5.49. The van der Waals surface area contributed by atoms with E-state index in [4.69, 9.17) is 11.6 Å². The highest BCUT2D eigenvalue weighted by Crippen LogP contribution is 2.19. The van der Waals surface area contributed by atoms with Gasteiger partial charge in [-0.3, -0.25) is 4.79 Å². The molecule has 1 heterocycles. The number of halogens is 1. The molecule has 0 bridgehead atoms. The minimum Gasteiger partial charge on any atom is -0.273 e. The highest BCUT2D eigenvalue weighted by molar-refractivity contribution is 7.17. The Morgan fingerprint density at radius 1 is 1.47 bits per heavy atom. The van der Waals surface area contributed by atoms with Crippen LogP contribution in [0.4, 0.5) is 0 Å². The van der Waals surface area contributed by atoms with E-state index in [1.54, 1.807) is 12.3 Å². The molecule has 1 N–H and O–H groups in total. The van der Waals surface area contributed by atoms with Crippen LogP contribution in [0.15, 0.2) is 17.2 Å². The van der Waals surface area contributed by atoms with Gasteiger partial charge in [0.2, 0.25) is 5.91 Å². The number of hydrazone groups is 1. The topological polar surface area (TPSA) is 41.5 Å². The molecule has 0 saturated carbocycles. The lowest BCUT2D eigenvalue weighted by Crippen LogP contribution is -2.16. The molecule has 0 fully saturated rings. The third-order valence-electron chi connectivity index (χ3n) is 2.23. The Balaban J connectivity index is 2.17. The zero-order chi connectivity index (χ0) is 12.5. The quantitative estimate of drug-likeness (QED) is 0.458. The second-order valence-electron chi connectivity index (χ2n) is 3.75. The lowest BCUT2D eigenvalue weighted by atomic mass is 10.1. The van der Waals surface area contributed by atoms with Crippen LogP contribution in [0.25, 0.3) is 0 Å². The maximum absolute atomic E-state index is 11.4. The van der Waals surface area contributed by atoms with Crippen LogP contribution in [0.3, 0.4) is 0 Å². The summed E-state index contributed by atoms with van der Waals surface area (Å²) in [5.74, 6) is -0.0278. The first-order valence-corrected chi connectivity index (χ1v) is 6.99. The molecular weight excluding hydrogens is 256 g/mol. The maximum atomic E-state index is 11.4. The molecule has 0 unspecified atom stereocenters. The first-order chi connectivity index (χ1) is 8.22. The average Bonchev–Trinajstić information content (AvgIpc) is 2.71. The van der Waals surface area contributed by atoms with E-state index in [1.165, 1.54) is 24.2 Å². The number of thiophene rings is 1. The van der Waals surface area contributed by atoms with Crippen molar-refractivity contribution < 1.29 is 4.79 Å². The van der Waals surface area contributed by atoms with Crippen molar-refractivity contribution in [3.63, 3.8) is 0 Å². The van der Waals surface area contributed by atoms with E-state index in [0.29, 0.717) is 6.42 Å². The fourth-order valence-corrected chi connectivity index (χ4v) is 2.27. The molecule has 0 spiro atoms. The molecule has 1 amide bonds. The van der Waals surface area contributed by atoms with Gasteiger partial charge in [-0.25, -0.2) is 5.43 Å². The second kappa shape index (κ2) is 8.25. The standard InChI is InChI=1S/C12H17ClN2OS/c1-2-3-4-5-6-12(16)15-14-9-10-7-8-11(13)17-10/h7-9H,2-6H2,1H3,(H,15,16). The van der Waals surface area contributed by atoms with Gasteiger partial charge in [0.05, 0.1) is 10.6 Å². The number of unbranched alkanes of at least 4 members (excludes halogenated alkanes) is 3. The molecule has 0 aliphatic rings. The SMILES string of the molecule is CCCCCCC(=O)NN=Cc1ccc(Cl)s1. The largest absolute Gasteiger partial charge is 0.273 e. The van der Waals surface area contributed by atoms with E-state index in [0.717, 1.165) is 22.1 Å². The van der Waals surface area contributed by atoms with Crippen molar-refractivity contribution in [1.29, 1.82) is 0 Å². The van der Waals surface area contributed by atoms with Gasteiger partial charge in [-0.1, -0.05) is 37.8 Å². The van der Waals surface area contributed by atoms with Crippen LogP contribution in [0, 0.1) is 0 Å². The normalized spacial score (nSPS) is 10.9. The molecule has 0 saturated heterocycles. The van der Waals surface area contributed by atoms with E-state index in [2.05, 4.69) is 17.5 Å². The fourth-order valence-electron chi connectivity index (χ4n) is 1.33. The summed E-state index contributed by atoms with van der Waals surface area (Å²) in [5.41, 5.74) is 2.51. The molecule has 5 heteroatoms. The number of nitrogens with one attached hydrogen (secondary N) is 1. The number of nitrogens with zero attached hydrogens (tertiary/aromatic N) is 1. The van der Waals surface area contributed by atoms with Gasteiger partial charge in [0, 0.05) is 11.3 Å². The molecule has 3 nitrogen and oxygen atoms in total. The minimum absolute atomic E-state index is 0.0278. The number of carbonyl (C=O) groups is 1. The molecule has 1 rings (SSSR count). The predicted molar refractivity (Wildman–Crippen MR) is 73.8 cm³/mol. The Morgan fingerprint density at radius 2 is 2.29 bits per heavy atom. The van der Waals surface area contributed by atoms with Crippen LogP contribution in [-0.2, 0) is 4.79 Å². The van der Waals surface area contributed by atoms with Gasteiger partial charge in [-0.15, -0.1) is 11.3 Å². The first-order valence-electron chi connectivity index (χ1n) is 5.79. The zero-order valence-electron chi connectivity index (χ0n) is 9.91. The Hall–Kier alpha value is -0.870. The average molecular weight is 273 g/mol. The Kier molecular flexibility index (Phi) is 6.89. The molecule has 0 aliphatic heterocycles. The molecule has 1 aromatic heterocycles. The Morgan fingerprint density at radius 3 is 2.94 bits per heavy atom. The van der Waals surface area contributed by atoms with Gasteiger partial charge in [0.15, 0.2) is 0 Å². The maximum Gasteiger partial charge on any atom is 0.240 e. The summed E-state index contributed by atoms with van der Waals surface area (Å²) in [4.78, 5) is 12.3. The van der Waals surface area contributed by atoms with Crippen molar-refractivity contribution in [3.8, 4) is 0 Å². The number of hydrogen-bond acceptors (Lipinski definition) is 3. The van der Waals surface area contributed by atoms with E-state index < -0.39 is 0 Å². The lowest BCUT2D eigenvalue weighted by molar-refractivity contribution is -0.121. The van der Waals surface area contributed by atoms with E-state index in [1.807, 2.05) is 6.07 Å². The summed E-state index contributed by atoms with van der Waals surface area (Å²) in [6.07, 6.45) is 6.56. The lowest BCUT2D eigenvalue weighted by Gasteiger charge is -1.98. The van der Waals surface area contributed by atoms with Crippen LogP contribution >= 0.6 is 22.9 Å². The van der Waals surface area contributed by atoms with Crippen molar-refractivity contribution in [2.45, 2.75) is 39.0 Å². The van der Waals surface area contributed by atoms with Crippen LogP contribution in [0.2, 0.25) is 4.34 Å². The van der Waals surface area contributed by atoms with Crippen LogP contribution in [0.5, 0.6) is 0 Å². The van der Waals surface area contributed by atoms with Crippen LogP contribution in [0.1, 0.15) is 43.9 Å². The van der Waals surface area contributed by atoms with Crippen LogP contribution in [-0.4, -0.2) is 12.1 Å². The highest BCUT2D eigenvalue weighted by Gasteiger charge is 1.99. The molecule has 0 atom stereocenters. The number of hydrogen-bond donors (Lipinski definition) is 1. The predicted octanol–water partition coefficient (Wildman–Crippen LogP) is 3.82. The van der Waals surface area contributed by atoms with Crippen LogP contribution < -0.4 is 5.43 Å². The summed E-state index contributed by atoms with van der Waals surface area (Å²) in [5, 5.41) is 3.88. The molecule has 94 valence electrons. The number of rotatable bonds is 7. The molecule has 1 aromatic rings. The van der Waals surface area contributed by atoms with Gasteiger partial charge < -0.3 is 0 Å². The molecule has 0 radical (unpaired) electrons. The monoisotopic (exact) mass is 272 g/mol. The van der Waals surface area contributed by atoms with E-state index in [-0.39, 0.29) is 5.91 Å². The minimum atomic E-state index is -0.0278. The van der Waals surface area contributed by atoms with E-state index >= 15 is 0 Å². The summed E-state index contributed by atoms with van der Waals surface area (Å²) in [6.45, 7) is 2.15. The zero-order valence-corrected chi connectivity index (χ0v) is 11.5. The third kappa shape index (κ3) is 6.44. The Labute approximate surface area is 111 Å². The third-order valence-corrected chi connectivity index (χ3v) is 3.40. The number of amides is 1. The molecule has 0 aromatic carbocycles. The summed E-state index contributed by atoms with van der Waals surface area (Å²) in [7, 11) is 0. The summed E-state index contributed by atoms with van der Waals surface area (Å²) < 4.78 is 0.720. The van der Waals surface area contributed by atoms with Gasteiger partial charge >= 0.3 is 0 Å². The molecular formula is C12H17ClN2OS. The first kappa shape index (κ1) is 14.2. The fraction of sp³-hybridized carbons (Fsp3) is 0.500. The molecule has 17 heavy (non-hydrogen) atoms. The highest BCUT2D eigenvalue weighted by atomic mass is 35.5. The van der Waals surface area contributed by atoms with Crippen molar-refractivity contribution in [3.05, 3.63) is 21.3 Å². The smallest absolute Gasteiger partial charge is 0.240 e. The Bertz CT molecular complexity index is 376. The van der Waals surface area contributed by atoms with E-state index in [9.17, 15) is 4.79 Å². The van der Waals surface area contributed by atoms with Gasteiger partial charge in [0.1, 0.15) is 0 Å². The van der Waals surface area contributed by atoms with Crippen molar-refractivity contribution in [2.75, 3.05) is 0 Å². The summed E-state index contributed by atoms with van der Waals surface area (Å²) in [6, 6.07) is 3.67. The van der Waals surface area contributed by atoms with Gasteiger partial charge in [0.25, 0.3) is 0 Å². The van der Waals surface area contributed by atoms with Crippen molar-refractivity contribution in [1.82, 2.24) is 5.43 Å². The van der Waals surface area contributed by atoms with Gasteiger partial charge in [-0.2, -0.15) is 5.10 Å². The van der Waals surface area contributed by atoms with Gasteiger partial charge in [-0.05, 0) is 18.6 Å².